The van der Waals surface area contributed by atoms with Crippen molar-refractivity contribution in [3.8, 4) is 6.07 Å². The van der Waals surface area contributed by atoms with Gasteiger partial charge in [-0.1, -0.05) is 6.92 Å². The maximum Gasteiger partial charge on any atom is 0.293 e. The second-order valence-corrected chi connectivity index (χ2v) is 8.79. The Kier molecular flexibility index (Phi) is 5.70. The number of morpholine rings is 1. The Hall–Kier alpha value is -2.96. The van der Waals surface area contributed by atoms with E-state index in [1.165, 1.54) is 17.4 Å². The number of thiophene rings is 1. The minimum absolute atomic E-state index is 0.107. The highest BCUT2D eigenvalue weighted by Crippen LogP contribution is 2.39. The zero-order valence-electron chi connectivity index (χ0n) is 16.6. The fourth-order valence-electron chi connectivity index (χ4n) is 4.01. The molecule has 156 valence electrons. The fourth-order valence-corrected chi connectivity index (χ4v) is 5.37. The number of nitriles is 1. The highest BCUT2D eigenvalue weighted by atomic mass is 32.1. The van der Waals surface area contributed by atoms with Crippen molar-refractivity contribution in [3.05, 3.63) is 49.9 Å². The molecule has 0 saturated carbocycles. The number of benzene rings is 1. The van der Waals surface area contributed by atoms with Gasteiger partial charge in [0.1, 0.15) is 16.8 Å². The summed E-state index contributed by atoms with van der Waals surface area (Å²) in [5, 5.41) is 24.6. The van der Waals surface area contributed by atoms with Crippen LogP contribution in [-0.2, 0) is 17.6 Å². The number of carbonyl (C=O) groups excluding carboxylic acids is 1. The van der Waals surface area contributed by atoms with Crippen LogP contribution < -0.4 is 10.2 Å². The molecule has 0 unspecified atom stereocenters. The number of anilines is 2. The fraction of sp³-hybridized carbons (Fsp3) is 0.429. The Balaban J connectivity index is 1.60. The molecule has 2 aliphatic rings. The molecule has 8 nitrogen and oxygen atoms in total. The van der Waals surface area contributed by atoms with Crippen LogP contribution in [-0.4, -0.2) is 37.1 Å². The molecule has 1 saturated heterocycles. The number of nitrogens with zero attached hydrogens (tertiary/aromatic N) is 3. The van der Waals surface area contributed by atoms with Crippen molar-refractivity contribution in [2.24, 2.45) is 5.92 Å². The lowest BCUT2D eigenvalue weighted by atomic mass is 9.88. The molecule has 1 atom stereocenters. The van der Waals surface area contributed by atoms with Gasteiger partial charge in [-0.3, -0.25) is 14.9 Å². The molecule has 1 amide bonds. The SMILES string of the molecule is C[C@H]1CCc2c(sc(NC(=O)c3ccc(N4CCOCC4)c([N+](=O)[O-])c3)c2C#N)C1. The topological polar surface area (TPSA) is 108 Å². The van der Waals surface area contributed by atoms with Crippen LogP contribution in [0.2, 0.25) is 0 Å². The van der Waals surface area contributed by atoms with Crippen molar-refractivity contribution in [1.29, 1.82) is 5.26 Å². The summed E-state index contributed by atoms with van der Waals surface area (Å²) < 4.78 is 5.31. The van der Waals surface area contributed by atoms with E-state index in [4.69, 9.17) is 4.74 Å². The first kappa shape index (κ1) is 20.3. The third kappa shape index (κ3) is 3.88. The quantitative estimate of drug-likeness (QED) is 0.589. The van der Waals surface area contributed by atoms with E-state index in [1.807, 2.05) is 4.90 Å². The van der Waals surface area contributed by atoms with Gasteiger partial charge in [-0.25, -0.2) is 0 Å². The van der Waals surface area contributed by atoms with Crippen LogP contribution in [0.5, 0.6) is 0 Å². The molecular weight excluding hydrogens is 404 g/mol. The maximum absolute atomic E-state index is 12.9. The van der Waals surface area contributed by atoms with E-state index in [0.717, 1.165) is 29.7 Å². The molecule has 1 fully saturated rings. The number of ether oxygens (including phenoxy) is 1. The number of fused-ring (bicyclic) bond motifs is 1. The van der Waals surface area contributed by atoms with E-state index in [0.29, 0.717) is 48.5 Å². The molecule has 1 N–H and O–H groups in total. The maximum atomic E-state index is 12.9. The minimum atomic E-state index is -0.465. The van der Waals surface area contributed by atoms with Crippen molar-refractivity contribution >= 4 is 33.6 Å². The van der Waals surface area contributed by atoms with Gasteiger partial charge in [-0.2, -0.15) is 5.26 Å². The standard InChI is InChI=1S/C21H22N4O4S/c1-13-2-4-15-16(12-22)21(30-19(15)10-13)23-20(26)14-3-5-17(18(11-14)25(27)28)24-6-8-29-9-7-24/h3,5,11,13H,2,4,6-10H2,1H3,(H,23,26)/t13-/m0/s1. The number of carbonyl (C=O) groups is 1. The zero-order valence-corrected chi connectivity index (χ0v) is 17.5. The Morgan fingerprint density at radius 2 is 2.17 bits per heavy atom. The number of amides is 1. The summed E-state index contributed by atoms with van der Waals surface area (Å²) >= 11 is 1.44. The van der Waals surface area contributed by atoms with Crippen LogP contribution in [0.4, 0.5) is 16.4 Å². The Morgan fingerprint density at radius 1 is 1.40 bits per heavy atom. The summed E-state index contributed by atoms with van der Waals surface area (Å²) in [6.45, 7) is 4.34. The average Bonchev–Trinajstić information content (AvgIpc) is 3.09. The summed E-state index contributed by atoms with van der Waals surface area (Å²) in [5.41, 5.74) is 2.13. The largest absolute Gasteiger partial charge is 0.378 e. The normalized spacial score (nSPS) is 18.4. The van der Waals surface area contributed by atoms with Gasteiger partial charge in [0.25, 0.3) is 11.6 Å². The number of rotatable bonds is 4. The molecule has 1 aromatic carbocycles. The molecular formula is C21H22N4O4S. The average molecular weight is 426 g/mol. The van der Waals surface area contributed by atoms with Gasteiger partial charge in [0.15, 0.2) is 0 Å². The highest BCUT2D eigenvalue weighted by molar-refractivity contribution is 7.16. The van der Waals surface area contributed by atoms with Gasteiger partial charge >= 0.3 is 0 Å². The molecule has 0 radical (unpaired) electrons. The molecule has 9 heteroatoms. The smallest absolute Gasteiger partial charge is 0.293 e. The van der Waals surface area contributed by atoms with E-state index in [2.05, 4.69) is 18.3 Å². The van der Waals surface area contributed by atoms with Gasteiger partial charge in [-0.05, 0) is 42.9 Å². The minimum Gasteiger partial charge on any atom is -0.378 e. The molecule has 2 heterocycles. The van der Waals surface area contributed by atoms with E-state index in [-0.39, 0.29) is 11.3 Å². The van der Waals surface area contributed by atoms with Crippen molar-refractivity contribution in [3.63, 3.8) is 0 Å². The zero-order chi connectivity index (χ0) is 21.3. The molecule has 4 rings (SSSR count). The Labute approximate surface area is 178 Å². The molecule has 1 aromatic heterocycles. The second-order valence-electron chi connectivity index (χ2n) is 7.68. The summed E-state index contributed by atoms with van der Waals surface area (Å²) in [6, 6.07) is 6.74. The number of nitrogens with one attached hydrogen (secondary N) is 1. The van der Waals surface area contributed by atoms with Gasteiger partial charge in [0.2, 0.25) is 0 Å². The van der Waals surface area contributed by atoms with Crippen molar-refractivity contribution in [2.45, 2.75) is 26.2 Å². The lowest BCUT2D eigenvalue weighted by Crippen LogP contribution is -2.36. The van der Waals surface area contributed by atoms with Gasteiger partial charge in [0, 0.05) is 29.6 Å². The summed E-state index contributed by atoms with van der Waals surface area (Å²) in [7, 11) is 0. The van der Waals surface area contributed by atoms with Crippen LogP contribution in [0, 0.1) is 27.4 Å². The number of hydrogen-bond donors (Lipinski definition) is 1. The van der Waals surface area contributed by atoms with E-state index >= 15 is 0 Å². The lowest BCUT2D eigenvalue weighted by Gasteiger charge is -2.28. The van der Waals surface area contributed by atoms with E-state index in [1.54, 1.807) is 12.1 Å². The van der Waals surface area contributed by atoms with Gasteiger partial charge in [-0.15, -0.1) is 11.3 Å². The van der Waals surface area contributed by atoms with Crippen LogP contribution in [0.15, 0.2) is 18.2 Å². The first-order valence-corrected chi connectivity index (χ1v) is 10.8. The predicted molar refractivity (Wildman–Crippen MR) is 114 cm³/mol. The molecule has 1 aliphatic heterocycles. The third-order valence-electron chi connectivity index (χ3n) is 5.64. The molecule has 0 spiro atoms. The van der Waals surface area contributed by atoms with Crippen molar-refractivity contribution < 1.29 is 14.5 Å². The van der Waals surface area contributed by atoms with E-state index in [9.17, 15) is 20.2 Å². The monoisotopic (exact) mass is 426 g/mol. The van der Waals surface area contributed by atoms with Gasteiger partial charge in [0.05, 0.1) is 23.7 Å². The number of nitro benzene ring substituents is 1. The highest BCUT2D eigenvalue weighted by Gasteiger charge is 2.26. The van der Waals surface area contributed by atoms with Crippen LogP contribution in [0.25, 0.3) is 0 Å². The number of hydrogen-bond acceptors (Lipinski definition) is 7. The molecule has 0 bridgehead atoms. The Morgan fingerprint density at radius 3 is 2.87 bits per heavy atom. The first-order valence-electron chi connectivity index (χ1n) is 9.95. The third-order valence-corrected chi connectivity index (χ3v) is 6.81. The molecule has 2 aromatic rings. The van der Waals surface area contributed by atoms with Crippen molar-refractivity contribution in [2.75, 3.05) is 36.5 Å². The van der Waals surface area contributed by atoms with Crippen LogP contribution >= 0.6 is 11.3 Å². The molecule has 30 heavy (non-hydrogen) atoms. The Bertz CT molecular complexity index is 1040. The van der Waals surface area contributed by atoms with Crippen LogP contribution in [0.1, 0.15) is 39.7 Å². The predicted octanol–water partition coefficient (Wildman–Crippen LogP) is 3.74. The first-order chi connectivity index (χ1) is 14.5. The summed E-state index contributed by atoms with van der Waals surface area (Å²) in [5.74, 6) is 0.108. The summed E-state index contributed by atoms with van der Waals surface area (Å²) in [6.07, 6.45) is 2.77. The lowest BCUT2D eigenvalue weighted by molar-refractivity contribution is -0.384. The molecule has 1 aliphatic carbocycles. The van der Waals surface area contributed by atoms with Gasteiger partial charge < -0.3 is 15.0 Å². The summed E-state index contributed by atoms with van der Waals surface area (Å²) in [4.78, 5) is 27.1. The number of nitro groups is 1. The van der Waals surface area contributed by atoms with E-state index < -0.39 is 10.8 Å². The second kappa shape index (κ2) is 8.42. The van der Waals surface area contributed by atoms with Crippen LogP contribution in [0.3, 0.4) is 0 Å². The van der Waals surface area contributed by atoms with Crippen molar-refractivity contribution in [1.82, 2.24) is 0 Å².